The third kappa shape index (κ3) is 3.23. The SMILES string of the molecule is CCCCCc1nc2c(c(C)nn2-c2ccc(C#N)cc2)c2c1CCCC2. The fourth-order valence-electron chi connectivity index (χ4n) is 4.27. The molecule has 4 heteroatoms. The van der Waals surface area contributed by atoms with Crippen molar-refractivity contribution in [3.05, 3.63) is 52.3 Å². The molecule has 0 saturated carbocycles. The quantitative estimate of drug-likeness (QED) is 0.588. The van der Waals surface area contributed by atoms with Gasteiger partial charge < -0.3 is 0 Å². The minimum absolute atomic E-state index is 0.664. The molecule has 138 valence electrons. The molecule has 0 spiro atoms. The average molecular weight is 358 g/mol. The number of nitriles is 1. The van der Waals surface area contributed by atoms with Gasteiger partial charge in [-0.2, -0.15) is 10.4 Å². The number of aryl methyl sites for hydroxylation is 3. The van der Waals surface area contributed by atoms with Gasteiger partial charge in [-0.3, -0.25) is 0 Å². The zero-order valence-corrected chi connectivity index (χ0v) is 16.3. The Hall–Kier alpha value is -2.67. The number of nitrogens with zero attached hydrogens (tertiary/aromatic N) is 4. The Morgan fingerprint density at radius 2 is 1.81 bits per heavy atom. The van der Waals surface area contributed by atoms with Crippen molar-refractivity contribution in [2.24, 2.45) is 0 Å². The van der Waals surface area contributed by atoms with E-state index in [2.05, 4.69) is 19.9 Å². The van der Waals surface area contributed by atoms with Gasteiger partial charge in [-0.1, -0.05) is 19.8 Å². The predicted molar refractivity (Wildman–Crippen MR) is 108 cm³/mol. The Kier molecular flexibility index (Phi) is 4.94. The van der Waals surface area contributed by atoms with Gasteiger partial charge >= 0.3 is 0 Å². The van der Waals surface area contributed by atoms with Crippen LogP contribution in [0.5, 0.6) is 0 Å². The standard InChI is InChI=1S/C23H26N4/c1-3-4-5-10-21-19-8-6-7-9-20(19)22-16(2)26-27(23(22)25-21)18-13-11-17(15-24)12-14-18/h11-14H,3-10H2,1-2H3. The molecule has 2 aromatic heterocycles. The molecule has 0 radical (unpaired) electrons. The van der Waals surface area contributed by atoms with E-state index < -0.39 is 0 Å². The normalized spacial score (nSPS) is 13.5. The molecule has 0 saturated heterocycles. The molecule has 0 unspecified atom stereocenters. The van der Waals surface area contributed by atoms with Crippen molar-refractivity contribution in [1.82, 2.24) is 14.8 Å². The lowest BCUT2D eigenvalue weighted by Gasteiger charge is -2.20. The van der Waals surface area contributed by atoms with Crippen molar-refractivity contribution < 1.29 is 0 Å². The van der Waals surface area contributed by atoms with Crippen molar-refractivity contribution >= 4 is 11.0 Å². The molecule has 0 fully saturated rings. The molecule has 1 aliphatic rings. The summed E-state index contributed by atoms with van der Waals surface area (Å²) in [7, 11) is 0. The number of hydrogen-bond acceptors (Lipinski definition) is 3. The van der Waals surface area contributed by atoms with Gasteiger partial charge in [0.1, 0.15) is 0 Å². The highest BCUT2D eigenvalue weighted by atomic mass is 15.3. The van der Waals surface area contributed by atoms with E-state index in [1.807, 2.05) is 28.9 Å². The number of benzene rings is 1. The van der Waals surface area contributed by atoms with E-state index in [4.69, 9.17) is 15.3 Å². The number of hydrogen-bond donors (Lipinski definition) is 0. The van der Waals surface area contributed by atoms with Crippen LogP contribution < -0.4 is 0 Å². The molecule has 1 aliphatic carbocycles. The molecule has 1 aromatic carbocycles. The number of unbranched alkanes of at least 4 members (excludes halogenated alkanes) is 2. The fourth-order valence-corrected chi connectivity index (χ4v) is 4.27. The Morgan fingerprint density at radius 1 is 1.07 bits per heavy atom. The minimum atomic E-state index is 0.664. The van der Waals surface area contributed by atoms with Crippen LogP contribution in [0.2, 0.25) is 0 Å². The zero-order valence-electron chi connectivity index (χ0n) is 16.3. The highest BCUT2D eigenvalue weighted by Crippen LogP contribution is 2.33. The smallest absolute Gasteiger partial charge is 0.163 e. The fraction of sp³-hybridized carbons (Fsp3) is 0.435. The Labute approximate surface area is 160 Å². The number of aromatic nitrogens is 3. The molecule has 27 heavy (non-hydrogen) atoms. The summed E-state index contributed by atoms with van der Waals surface area (Å²) in [6, 6.07) is 9.79. The molecule has 0 atom stereocenters. The van der Waals surface area contributed by atoms with Crippen molar-refractivity contribution in [3.8, 4) is 11.8 Å². The summed E-state index contributed by atoms with van der Waals surface area (Å²) in [5, 5.41) is 15.1. The molecule has 2 heterocycles. The van der Waals surface area contributed by atoms with Gasteiger partial charge in [0.05, 0.1) is 23.0 Å². The van der Waals surface area contributed by atoms with Crippen LogP contribution in [0.15, 0.2) is 24.3 Å². The number of fused-ring (bicyclic) bond motifs is 3. The van der Waals surface area contributed by atoms with Gasteiger partial charge in [0.25, 0.3) is 0 Å². The molecule has 4 nitrogen and oxygen atoms in total. The first-order valence-corrected chi connectivity index (χ1v) is 10.1. The molecule has 3 aromatic rings. The van der Waals surface area contributed by atoms with E-state index in [9.17, 15) is 0 Å². The highest BCUT2D eigenvalue weighted by Gasteiger charge is 2.22. The van der Waals surface area contributed by atoms with Crippen LogP contribution in [-0.2, 0) is 19.3 Å². The molecule has 0 N–H and O–H groups in total. The summed E-state index contributed by atoms with van der Waals surface area (Å²) >= 11 is 0. The van der Waals surface area contributed by atoms with Crippen LogP contribution in [0.1, 0.15) is 67.1 Å². The largest absolute Gasteiger partial charge is 0.233 e. The van der Waals surface area contributed by atoms with Crippen molar-refractivity contribution in [3.63, 3.8) is 0 Å². The zero-order chi connectivity index (χ0) is 18.8. The Bertz CT molecular complexity index is 1010. The molecule has 0 aliphatic heterocycles. The summed E-state index contributed by atoms with van der Waals surface area (Å²) < 4.78 is 1.96. The maximum absolute atomic E-state index is 9.06. The first-order chi connectivity index (χ1) is 13.2. The molecular weight excluding hydrogens is 332 g/mol. The van der Waals surface area contributed by atoms with Crippen molar-refractivity contribution in [1.29, 1.82) is 5.26 Å². The molecular formula is C23H26N4. The van der Waals surface area contributed by atoms with Gasteiger partial charge in [-0.15, -0.1) is 0 Å². The highest BCUT2D eigenvalue weighted by molar-refractivity contribution is 5.85. The summed E-state index contributed by atoms with van der Waals surface area (Å²) in [5.41, 5.74) is 7.92. The molecule has 0 bridgehead atoms. The summed E-state index contributed by atoms with van der Waals surface area (Å²) in [5.74, 6) is 0. The van der Waals surface area contributed by atoms with Gasteiger partial charge in [0.15, 0.2) is 5.65 Å². The summed E-state index contributed by atoms with van der Waals surface area (Å²) in [6.45, 7) is 4.34. The van der Waals surface area contributed by atoms with Crippen LogP contribution in [-0.4, -0.2) is 14.8 Å². The van der Waals surface area contributed by atoms with Crippen LogP contribution in [0.25, 0.3) is 16.7 Å². The second-order valence-electron chi connectivity index (χ2n) is 7.53. The lowest BCUT2D eigenvalue weighted by molar-refractivity contribution is 0.659. The van der Waals surface area contributed by atoms with Crippen LogP contribution in [0, 0.1) is 18.3 Å². The third-order valence-electron chi connectivity index (χ3n) is 5.65. The van der Waals surface area contributed by atoms with E-state index in [0.29, 0.717) is 5.56 Å². The third-order valence-corrected chi connectivity index (χ3v) is 5.65. The van der Waals surface area contributed by atoms with Crippen LogP contribution in [0.3, 0.4) is 0 Å². The lowest BCUT2D eigenvalue weighted by Crippen LogP contribution is -2.11. The van der Waals surface area contributed by atoms with Gasteiger partial charge in [-0.05, 0) is 80.8 Å². The number of pyridine rings is 1. The van der Waals surface area contributed by atoms with Crippen molar-refractivity contribution in [2.75, 3.05) is 0 Å². The topological polar surface area (TPSA) is 54.5 Å². The lowest BCUT2D eigenvalue weighted by atomic mass is 9.87. The molecule has 0 amide bonds. The van der Waals surface area contributed by atoms with E-state index in [1.165, 1.54) is 54.3 Å². The van der Waals surface area contributed by atoms with Crippen molar-refractivity contribution in [2.45, 2.75) is 65.2 Å². The number of rotatable bonds is 5. The second kappa shape index (κ2) is 7.52. The average Bonchev–Trinajstić information content (AvgIpc) is 3.05. The Balaban J connectivity index is 1.88. The van der Waals surface area contributed by atoms with Crippen LogP contribution in [0.4, 0.5) is 0 Å². The van der Waals surface area contributed by atoms with E-state index in [-0.39, 0.29) is 0 Å². The molecule has 4 rings (SSSR count). The first-order valence-electron chi connectivity index (χ1n) is 10.1. The van der Waals surface area contributed by atoms with Gasteiger partial charge in [0.2, 0.25) is 0 Å². The van der Waals surface area contributed by atoms with E-state index in [1.54, 1.807) is 0 Å². The van der Waals surface area contributed by atoms with E-state index >= 15 is 0 Å². The minimum Gasteiger partial charge on any atom is -0.233 e. The van der Waals surface area contributed by atoms with Gasteiger partial charge in [-0.25, -0.2) is 9.67 Å². The second-order valence-corrected chi connectivity index (χ2v) is 7.53. The Morgan fingerprint density at radius 3 is 2.52 bits per heavy atom. The summed E-state index contributed by atoms with van der Waals surface area (Å²) in [6.07, 6.45) is 9.55. The van der Waals surface area contributed by atoms with Gasteiger partial charge in [0, 0.05) is 11.1 Å². The maximum Gasteiger partial charge on any atom is 0.163 e. The maximum atomic E-state index is 9.06. The van der Waals surface area contributed by atoms with E-state index in [0.717, 1.165) is 36.3 Å². The predicted octanol–water partition coefficient (Wildman–Crippen LogP) is 5.21. The monoisotopic (exact) mass is 358 g/mol. The first kappa shape index (κ1) is 17.7. The summed E-state index contributed by atoms with van der Waals surface area (Å²) in [4.78, 5) is 5.14. The van der Waals surface area contributed by atoms with Crippen LogP contribution >= 0.6 is 0 Å².